The van der Waals surface area contributed by atoms with E-state index >= 15 is 0 Å². The van der Waals surface area contributed by atoms with Crippen LogP contribution in [0, 0.1) is 10.1 Å². The summed E-state index contributed by atoms with van der Waals surface area (Å²) in [6, 6.07) is 4.71. The van der Waals surface area contributed by atoms with Gasteiger partial charge >= 0.3 is 0 Å². The van der Waals surface area contributed by atoms with E-state index in [2.05, 4.69) is 0 Å². The Labute approximate surface area is 117 Å². The molecule has 0 aromatic heterocycles. The van der Waals surface area contributed by atoms with Gasteiger partial charge in [0.15, 0.2) is 0 Å². The van der Waals surface area contributed by atoms with Gasteiger partial charge in [0.25, 0.3) is 5.69 Å². The molecule has 0 saturated carbocycles. The van der Waals surface area contributed by atoms with Crippen LogP contribution in [0.15, 0.2) is 18.2 Å². The fourth-order valence-electron chi connectivity index (χ4n) is 2.14. The van der Waals surface area contributed by atoms with Crippen LogP contribution in [-0.4, -0.2) is 60.1 Å². The fourth-order valence-corrected chi connectivity index (χ4v) is 2.14. The molecule has 0 saturated heterocycles. The highest BCUT2D eigenvalue weighted by atomic mass is 16.6. The third-order valence-corrected chi connectivity index (χ3v) is 3.32. The van der Waals surface area contributed by atoms with Crippen LogP contribution in [0.25, 0.3) is 0 Å². The van der Waals surface area contributed by atoms with E-state index in [1.54, 1.807) is 12.1 Å². The number of nitrogens with zero attached hydrogens (tertiary/aromatic N) is 2. The first kappa shape index (κ1) is 16.4. The summed E-state index contributed by atoms with van der Waals surface area (Å²) < 4.78 is 5.33. The zero-order valence-corrected chi connectivity index (χ0v) is 11.8. The summed E-state index contributed by atoms with van der Waals surface area (Å²) in [5.74, 6) is 0.430. The molecule has 20 heavy (non-hydrogen) atoms. The average molecular weight is 285 g/mol. The predicted octanol–water partition coefficient (Wildman–Crippen LogP) is 0.535. The van der Waals surface area contributed by atoms with Crippen LogP contribution in [0.1, 0.15) is 5.56 Å². The molecule has 7 nitrogen and oxygen atoms in total. The smallest absolute Gasteiger partial charge is 0.281 e. The van der Waals surface area contributed by atoms with E-state index in [-0.39, 0.29) is 18.9 Å². The van der Waals surface area contributed by atoms with Crippen LogP contribution < -0.4 is 4.74 Å². The lowest BCUT2D eigenvalue weighted by Crippen LogP contribution is -2.47. The molecule has 0 unspecified atom stereocenters. The van der Waals surface area contributed by atoms with Crippen LogP contribution in [-0.2, 0) is 6.54 Å². The molecule has 0 atom stereocenters. The van der Waals surface area contributed by atoms with Crippen LogP contribution in [0.5, 0.6) is 5.75 Å². The van der Waals surface area contributed by atoms with Crippen molar-refractivity contribution in [3.8, 4) is 5.75 Å². The predicted molar refractivity (Wildman–Crippen MR) is 73.4 cm³/mol. The van der Waals surface area contributed by atoms with Crippen LogP contribution in [0.2, 0.25) is 0 Å². The van der Waals surface area contributed by atoms with E-state index in [9.17, 15) is 10.1 Å². The van der Waals surface area contributed by atoms with Gasteiger partial charge in [0, 0.05) is 0 Å². The molecular weight excluding hydrogens is 264 g/mol. The number of aliphatic hydroxyl groups excluding tert-OH is 2. The van der Waals surface area contributed by atoms with Crippen molar-refractivity contribution in [2.75, 3.05) is 40.5 Å². The quantitative estimate of drug-likeness (QED) is 0.413. The standard InChI is InChI=1S/C13H21N2O5/c1-15(5-7-16,6-8-17)10-11-3-4-12(20-2)9-13(11)14(18)19/h3-4,9,16-17H,5-8,10H2,1-2H3/q+1. The number of hydrogen-bond donors (Lipinski definition) is 2. The summed E-state index contributed by atoms with van der Waals surface area (Å²) in [5, 5.41) is 29.4. The van der Waals surface area contributed by atoms with E-state index in [1.165, 1.54) is 13.2 Å². The summed E-state index contributed by atoms with van der Waals surface area (Å²) in [5.41, 5.74) is 0.546. The van der Waals surface area contributed by atoms with E-state index in [0.29, 0.717) is 35.4 Å². The molecule has 0 fully saturated rings. The van der Waals surface area contributed by atoms with Gasteiger partial charge in [0.1, 0.15) is 25.4 Å². The SMILES string of the molecule is COc1ccc(C[N+](C)(CCO)CCO)c([N+](=O)[O-])c1. The van der Waals surface area contributed by atoms with Crippen molar-refractivity contribution in [2.45, 2.75) is 6.54 Å². The molecule has 0 radical (unpaired) electrons. The lowest BCUT2D eigenvalue weighted by Gasteiger charge is -2.33. The molecule has 0 bridgehead atoms. The number of nitro groups is 1. The largest absolute Gasteiger partial charge is 0.497 e. The lowest BCUT2D eigenvalue weighted by molar-refractivity contribution is -0.923. The van der Waals surface area contributed by atoms with Crippen molar-refractivity contribution in [3.63, 3.8) is 0 Å². The number of likely N-dealkylation sites (N-methyl/N-ethyl adjacent to an activating group) is 1. The monoisotopic (exact) mass is 285 g/mol. The van der Waals surface area contributed by atoms with Crippen molar-refractivity contribution in [1.82, 2.24) is 0 Å². The maximum atomic E-state index is 11.1. The first-order valence-electron chi connectivity index (χ1n) is 6.32. The minimum absolute atomic E-state index is 0.00965. The highest BCUT2D eigenvalue weighted by Gasteiger charge is 2.26. The van der Waals surface area contributed by atoms with Gasteiger partial charge in [-0.1, -0.05) is 0 Å². The van der Waals surface area contributed by atoms with Crippen molar-refractivity contribution in [3.05, 3.63) is 33.9 Å². The molecule has 0 aliphatic heterocycles. The number of methoxy groups -OCH3 is 1. The fraction of sp³-hybridized carbons (Fsp3) is 0.538. The van der Waals surface area contributed by atoms with Crippen molar-refractivity contribution < 1.29 is 24.4 Å². The Morgan fingerprint density at radius 3 is 2.35 bits per heavy atom. The molecule has 0 spiro atoms. The number of nitro benzene ring substituents is 1. The molecule has 112 valence electrons. The molecule has 2 N–H and O–H groups in total. The number of aliphatic hydroxyl groups is 2. The highest BCUT2D eigenvalue weighted by molar-refractivity contribution is 5.45. The molecule has 1 aromatic carbocycles. The average Bonchev–Trinajstić information content (AvgIpc) is 2.39. The summed E-state index contributed by atoms with van der Waals surface area (Å²) in [6.07, 6.45) is 0. The van der Waals surface area contributed by atoms with E-state index < -0.39 is 4.92 Å². The topological polar surface area (TPSA) is 92.8 Å². The van der Waals surface area contributed by atoms with Crippen molar-refractivity contribution in [1.29, 1.82) is 0 Å². The Morgan fingerprint density at radius 2 is 1.90 bits per heavy atom. The summed E-state index contributed by atoms with van der Waals surface area (Å²) >= 11 is 0. The van der Waals surface area contributed by atoms with Gasteiger partial charge in [0.05, 0.1) is 43.9 Å². The van der Waals surface area contributed by atoms with E-state index in [4.69, 9.17) is 14.9 Å². The minimum atomic E-state index is -0.444. The Balaban J connectivity index is 3.08. The molecule has 0 heterocycles. The molecule has 0 aliphatic carbocycles. The third kappa shape index (κ3) is 4.16. The molecule has 0 amide bonds. The number of quaternary nitrogens is 1. The van der Waals surface area contributed by atoms with E-state index in [1.807, 2.05) is 7.05 Å². The Morgan fingerprint density at radius 1 is 1.30 bits per heavy atom. The second kappa shape index (κ2) is 7.18. The summed E-state index contributed by atoms with van der Waals surface area (Å²) in [6.45, 7) is 1.12. The van der Waals surface area contributed by atoms with Gasteiger partial charge in [-0.2, -0.15) is 0 Å². The normalized spacial score (nSPS) is 11.4. The van der Waals surface area contributed by atoms with Gasteiger partial charge in [-0.3, -0.25) is 10.1 Å². The number of benzene rings is 1. The Bertz CT molecular complexity index is 458. The molecule has 7 heteroatoms. The minimum Gasteiger partial charge on any atom is -0.497 e. The number of rotatable bonds is 8. The second-order valence-corrected chi connectivity index (χ2v) is 4.92. The van der Waals surface area contributed by atoms with Gasteiger partial charge in [-0.25, -0.2) is 0 Å². The van der Waals surface area contributed by atoms with Crippen LogP contribution in [0.4, 0.5) is 5.69 Å². The first-order valence-corrected chi connectivity index (χ1v) is 6.32. The number of hydrogen-bond acceptors (Lipinski definition) is 5. The zero-order valence-electron chi connectivity index (χ0n) is 11.8. The third-order valence-electron chi connectivity index (χ3n) is 3.32. The summed E-state index contributed by atoms with van der Waals surface area (Å²) in [7, 11) is 3.30. The number of ether oxygens (including phenoxy) is 1. The summed E-state index contributed by atoms with van der Waals surface area (Å²) in [4.78, 5) is 10.7. The van der Waals surface area contributed by atoms with Gasteiger partial charge < -0.3 is 19.4 Å². The van der Waals surface area contributed by atoms with Crippen molar-refractivity contribution in [2.24, 2.45) is 0 Å². The Kier molecular flexibility index (Phi) is 5.87. The van der Waals surface area contributed by atoms with Gasteiger partial charge in [-0.15, -0.1) is 0 Å². The highest BCUT2D eigenvalue weighted by Crippen LogP contribution is 2.27. The lowest BCUT2D eigenvalue weighted by atomic mass is 10.1. The first-order chi connectivity index (χ1) is 9.45. The molecule has 1 rings (SSSR count). The van der Waals surface area contributed by atoms with Crippen LogP contribution in [0.3, 0.4) is 0 Å². The Hall–Kier alpha value is -1.70. The maximum absolute atomic E-state index is 11.1. The van der Waals surface area contributed by atoms with Gasteiger partial charge in [0.2, 0.25) is 0 Å². The van der Waals surface area contributed by atoms with Gasteiger partial charge in [-0.05, 0) is 12.1 Å². The maximum Gasteiger partial charge on any atom is 0.281 e. The molecular formula is C13H21N2O5+. The molecule has 1 aromatic rings. The second-order valence-electron chi connectivity index (χ2n) is 4.92. The van der Waals surface area contributed by atoms with Crippen LogP contribution >= 0.6 is 0 Å². The van der Waals surface area contributed by atoms with Crippen molar-refractivity contribution >= 4 is 5.69 Å². The van der Waals surface area contributed by atoms with E-state index in [0.717, 1.165) is 0 Å². The molecule has 0 aliphatic rings. The zero-order chi connectivity index (χ0) is 15.2.